The molecule has 1 unspecified atom stereocenters. The van der Waals surface area contributed by atoms with Gasteiger partial charge in [0.2, 0.25) is 0 Å². The first-order valence-corrected chi connectivity index (χ1v) is 8.31. The largest absolute Gasteiger partial charge is 0.367 e. The van der Waals surface area contributed by atoms with Crippen LogP contribution in [0.5, 0.6) is 0 Å². The van der Waals surface area contributed by atoms with Crippen LogP contribution >= 0.6 is 0 Å². The molecule has 1 aliphatic heterocycles. The van der Waals surface area contributed by atoms with E-state index >= 15 is 0 Å². The van der Waals surface area contributed by atoms with Crippen molar-refractivity contribution in [3.63, 3.8) is 0 Å². The number of benzene rings is 1. The highest BCUT2D eigenvalue weighted by molar-refractivity contribution is 5.83. The van der Waals surface area contributed by atoms with Gasteiger partial charge in [0, 0.05) is 18.5 Å². The van der Waals surface area contributed by atoms with Gasteiger partial charge in [0.25, 0.3) is 0 Å². The maximum absolute atomic E-state index is 10.8. The number of fused-ring (bicyclic) bond motifs is 1. The summed E-state index contributed by atoms with van der Waals surface area (Å²) >= 11 is 0. The van der Waals surface area contributed by atoms with Gasteiger partial charge in [-0.2, -0.15) is 0 Å². The zero-order valence-electron chi connectivity index (χ0n) is 13.0. The van der Waals surface area contributed by atoms with E-state index in [2.05, 4.69) is 28.5 Å². The predicted octanol–water partition coefficient (Wildman–Crippen LogP) is 3.29. The first kappa shape index (κ1) is 14.6. The number of aliphatic imine (C=N–C) groups is 1. The number of amidine groups is 1. The van der Waals surface area contributed by atoms with Gasteiger partial charge in [-0.1, -0.05) is 24.6 Å². The molecule has 3 rings (SSSR count). The molecule has 0 fully saturated rings. The molecule has 0 bridgehead atoms. The number of hydrogen-bond donors (Lipinski definition) is 2. The van der Waals surface area contributed by atoms with E-state index in [1.807, 2.05) is 6.92 Å². The second kappa shape index (κ2) is 6.18. The van der Waals surface area contributed by atoms with E-state index in [9.17, 15) is 5.11 Å². The first-order valence-electron chi connectivity index (χ1n) is 8.31. The van der Waals surface area contributed by atoms with Gasteiger partial charge >= 0.3 is 0 Å². The van der Waals surface area contributed by atoms with Gasteiger partial charge in [-0.3, -0.25) is 4.99 Å². The maximum Gasteiger partial charge on any atom is 0.159 e. The Bertz CT molecular complexity index is 534. The lowest BCUT2D eigenvalue weighted by molar-refractivity contribution is 0.0403. The molecule has 0 aromatic heterocycles. The molecule has 0 spiro atoms. The molecule has 1 aromatic rings. The zero-order chi connectivity index (χ0) is 14.7. The first-order chi connectivity index (χ1) is 10.1. The minimum Gasteiger partial charge on any atom is -0.367 e. The maximum atomic E-state index is 10.8. The van der Waals surface area contributed by atoms with E-state index in [0.717, 1.165) is 43.6 Å². The molecule has 0 saturated carbocycles. The van der Waals surface area contributed by atoms with Crippen LogP contribution in [0.3, 0.4) is 0 Å². The van der Waals surface area contributed by atoms with Gasteiger partial charge in [0.15, 0.2) is 5.72 Å². The van der Waals surface area contributed by atoms with Crippen molar-refractivity contribution in [2.24, 2.45) is 4.99 Å². The molecule has 2 N–H and O–H groups in total. The van der Waals surface area contributed by atoms with E-state index in [1.165, 1.54) is 36.8 Å². The Morgan fingerprint density at radius 3 is 2.62 bits per heavy atom. The van der Waals surface area contributed by atoms with Crippen LogP contribution in [0, 0.1) is 0 Å². The summed E-state index contributed by atoms with van der Waals surface area (Å²) in [5, 5.41) is 14.1. The molecular formula is C18H26N2O. The Morgan fingerprint density at radius 1 is 1.00 bits per heavy atom. The van der Waals surface area contributed by atoms with Crippen molar-refractivity contribution >= 4 is 5.84 Å². The van der Waals surface area contributed by atoms with Crippen LogP contribution in [0.4, 0.5) is 0 Å². The minimum atomic E-state index is -1.03. The van der Waals surface area contributed by atoms with E-state index in [1.54, 1.807) is 0 Å². The second-order valence-corrected chi connectivity index (χ2v) is 6.53. The summed E-state index contributed by atoms with van der Waals surface area (Å²) in [4.78, 5) is 4.57. The molecule has 21 heavy (non-hydrogen) atoms. The van der Waals surface area contributed by atoms with E-state index in [4.69, 9.17) is 0 Å². The highest BCUT2D eigenvalue weighted by atomic mass is 16.3. The Balaban J connectivity index is 1.78. The number of aryl methyl sites for hydroxylation is 2. The normalized spacial score (nSPS) is 21.7. The summed E-state index contributed by atoms with van der Waals surface area (Å²) < 4.78 is 0. The number of rotatable bonds is 2. The van der Waals surface area contributed by atoms with E-state index < -0.39 is 5.72 Å². The Morgan fingerprint density at radius 2 is 1.76 bits per heavy atom. The summed E-state index contributed by atoms with van der Waals surface area (Å²) in [5.74, 6) is 0.954. The Labute approximate surface area is 127 Å². The van der Waals surface area contributed by atoms with Crippen LogP contribution in [0.1, 0.15) is 62.1 Å². The highest BCUT2D eigenvalue weighted by Gasteiger charge is 2.25. The average Bonchev–Trinajstić information content (AvgIpc) is 2.75. The summed E-state index contributed by atoms with van der Waals surface area (Å²) in [6.45, 7) is 2.72. The minimum absolute atomic E-state index is 0.878. The van der Waals surface area contributed by atoms with Crippen molar-refractivity contribution in [1.29, 1.82) is 0 Å². The van der Waals surface area contributed by atoms with Gasteiger partial charge < -0.3 is 10.4 Å². The van der Waals surface area contributed by atoms with Crippen LogP contribution in [0.25, 0.3) is 0 Å². The molecule has 2 aliphatic rings. The third kappa shape index (κ3) is 3.46. The fourth-order valence-electron chi connectivity index (χ4n) is 3.37. The van der Waals surface area contributed by atoms with Crippen LogP contribution in [0.2, 0.25) is 0 Å². The SMILES string of the molecule is CC(O)(NC1=NCCCCC1)c1ccc2c(c1)CCCC2. The smallest absolute Gasteiger partial charge is 0.159 e. The van der Waals surface area contributed by atoms with Crippen molar-refractivity contribution in [2.75, 3.05) is 6.54 Å². The molecule has 0 saturated heterocycles. The van der Waals surface area contributed by atoms with Crippen LogP contribution in [-0.4, -0.2) is 17.5 Å². The van der Waals surface area contributed by atoms with Crippen molar-refractivity contribution in [1.82, 2.24) is 5.32 Å². The number of aliphatic hydroxyl groups is 1. The fourth-order valence-corrected chi connectivity index (χ4v) is 3.37. The second-order valence-electron chi connectivity index (χ2n) is 6.53. The lowest BCUT2D eigenvalue weighted by Crippen LogP contribution is -2.43. The average molecular weight is 286 g/mol. The lowest BCUT2D eigenvalue weighted by Gasteiger charge is -2.29. The molecule has 3 heteroatoms. The summed E-state index contributed by atoms with van der Waals surface area (Å²) in [5.41, 5.74) is 2.78. The number of hydrogen-bond acceptors (Lipinski definition) is 3. The van der Waals surface area contributed by atoms with E-state index in [0.29, 0.717) is 0 Å². The van der Waals surface area contributed by atoms with Crippen molar-refractivity contribution < 1.29 is 5.11 Å². The van der Waals surface area contributed by atoms with E-state index in [-0.39, 0.29) is 0 Å². The third-order valence-corrected chi connectivity index (χ3v) is 4.67. The fraction of sp³-hybridized carbons (Fsp3) is 0.611. The molecule has 1 aromatic carbocycles. The van der Waals surface area contributed by atoms with Crippen molar-refractivity contribution in [3.8, 4) is 0 Å². The van der Waals surface area contributed by atoms with Gasteiger partial charge in [-0.05, 0) is 56.6 Å². The summed E-state index contributed by atoms with van der Waals surface area (Å²) in [6, 6.07) is 6.43. The number of nitrogens with one attached hydrogen (secondary N) is 1. The van der Waals surface area contributed by atoms with Crippen LogP contribution in [0.15, 0.2) is 23.2 Å². The summed E-state index contributed by atoms with van der Waals surface area (Å²) in [6.07, 6.45) is 9.36. The molecule has 1 aliphatic carbocycles. The highest BCUT2D eigenvalue weighted by Crippen LogP contribution is 2.26. The molecule has 0 amide bonds. The van der Waals surface area contributed by atoms with Gasteiger partial charge in [-0.25, -0.2) is 0 Å². The Hall–Kier alpha value is -1.35. The van der Waals surface area contributed by atoms with Gasteiger partial charge in [0.1, 0.15) is 0 Å². The van der Waals surface area contributed by atoms with Gasteiger partial charge in [-0.15, -0.1) is 0 Å². The molecule has 3 nitrogen and oxygen atoms in total. The third-order valence-electron chi connectivity index (χ3n) is 4.67. The standard InChI is InChI=1S/C18H26N2O/c1-18(21,20-17-9-3-2-6-12-19-17)16-11-10-14-7-4-5-8-15(14)13-16/h10-11,13,21H,2-9,12H2,1H3,(H,19,20). The Kier molecular flexibility index (Phi) is 4.29. The van der Waals surface area contributed by atoms with Crippen molar-refractivity contribution in [3.05, 3.63) is 34.9 Å². The number of nitrogens with zero attached hydrogens (tertiary/aromatic N) is 1. The van der Waals surface area contributed by atoms with Crippen LogP contribution in [-0.2, 0) is 18.6 Å². The monoisotopic (exact) mass is 286 g/mol. The molecule has 1 atom stereocenters. The lowest BCUT2D eigenvalue weighted by atomic mass is 9.88. The quantitative estimate of drug-likeness (QED) is 0.819. The van der Waals surface area contributed by atoms with Gasteiger partial charge in [0.05, 0.1) is 5.84 Å². The molecule has 114 valence electrons. The summed E-state index contributed by atoms with van der Waals surface area (Å²) in [7, 11) is 0. The molecule has 1 heterocycles. The van der Waals surface area contributed by atoms with Crippen LogP contribution < -0.4 is 5.32 Å². The molecular weight excluding hydrogens is 260 g/mol. The van der Waals surface area contributed by atoms with Crippen molar-refractivity contribution in [2.45, 2.75) is 64.0 Å². The zero-order valence-corrected chi connectivity index (χ0v) is 13.0. The molecule has 0 radical (unpaired) electrons. The topological polar surface area (TPSA) is 44.6 Å². The predicted molar refractivity (Wildman–Crippen MR) is 86.6 cm³/mol.